The third kappa shape index (κ3) is 1.67. The first-order valence-electron chi connectivity index (χ1n) is 6.14. The van der Waals surface area contributed by atoms with E-state index in [0.29, 0.717) is 11.1 Å². The minimum atomic E-state index is -0.664. The van der Waals surface area contributed by atoms with Crippen molar-refractivity contribution in [3.05, 3.63) is 41.0 Å². The molecule has 0 unspecified atom stereocenters. The average molecular weight is 285 g/mol. The molecular weight excluding hydrogens is 274 g/mol. The van der Waals surface area contributed by atoms with Crippen molar-refractivity contribution in [2.75, 3.05) is 14.1 Å². The standard InChI is InChI=1S/C14H11N3O4/c1-16-11(15)9(12(18)17(2)14(16)20)10-7-5-3-4-6-8(7)13(19)21-10/h3-6,15H,1-2H3/b10-9-,15-11?. The topological polar surface area (TPSA) is 90.8 Å². The van der Waals surface area contributed by atoms with Crippen molar-refractivity contribution in [1.29, 1.82) is 5.41 Å². The summed E-state index contributed by atoms with van der Waals surface area (Å²) in [6.07, 6.45) is 0. The van der Waals surface area contributed by atoms with Gasteiger partial charge in [0.1, 0.15) is 11.4 Å². The summed E-state index contributed by atoms with van der Waals surface area (Å²) >= 11 is 0. The summed E-state index contributed by atoms with van der Waals surface area (Å²) in [5.74, 6) is -1.50. The summed E-state index contributed by atoms with van der Waals surface area (Å²) < 4.78 is 5.16. The Morgan fingerprint density at radius 1 is 1.00 bits per heavy atom. The second-order valence-corrected chi connectivity index (χ2v) is 4.69. The van der Waals surface area contributed by atoms with Crippen LogP contribution in [0, 0.1) is 5.41 Å². The van der Waals surface area contributed by atoms with E-state index in [1.807, 2.05) is 0 Å². The highest BCUT2D eigenvalue weighted by Gasteiger charge is 2.41. The molecular formula is C14H11N3O4. The maximum absolute atomic E-state index is 12.3. The molecule has 2 heterocycles. The number of amides is 3. The summed E-state index contributed by atoms with van der Waals surface area (Å²) in [6.45, 7) is 0. The Kier molecular flexibility index (Phi) is 2.65. The van der Waals surface area contributed by atoms with Crippen molar-refractivity contribution >= 4 is 29.5 Å². The number of amidine groups is 1. The molecule has 106 valence electrons. The quantitative estimate of drug-likeness (QED) is 0.570. The first-order chi connectivity index (χ1) is 9.93. The van der Waals surface area contributed by atoms with E-state index >= 15 is 0 Å². The van der Waals surface area contributed by atoms with E-state index in [-0.39, 0.29) is 17.2 Å². The molecule has 0 aromatic heterocycles. The van der Waals surface area contributed by atoms with E-state index in [4.69, 9.17) is 10.1 Å². The van der Waals surface area contributed by atoms with Crippen LogP contribution in [0.2, 0.25) is 0 Å². The number of carbonyl (C=O) groups is 3. The highest BCUT2D eigenvalue weighted by atomic mass is 16.5. The van der Waals surface area contributed by atoms with Gasteiger partial charge in [0, 0.05) is 19.7 Å². The zero-order chi connectivity index (χ0) is 15.3. The summed E-state index contributed by atoms with van der Waals surface area (Å²) in [7, 11) is 2.70. The molecule has 2 aliphatic rings. The van der Waals surface area contributed by atoms with Crippen LogP contribution in [0.3, 0.4) is 0 Å². The van der Waals surface area contributed by atoms with Crippen LogP contribution in [-0.2, 0) is 9.53 Å². The predicted octanol–water partition coefficient (Wildman–Crippen LogP) is 1.07. The normalized spacial score (nSPS) is 21.8. The lowest BCUT2D eigenvalue weighted by Crippen LogP contribution is -2.53. The molecule has 21 heavy (non-hydrogen) atoms. The second kappa shape index (κ2) is 4.27. The fourth-order valence-corrected chi connectivity index (χ4v) is 2.30. The number of likely N-dealkylation sites (N-methyl/N-ethyl adjacent to an activating group) is 2. The highest BCUT2D eigenvalue weighted by Crippen LogP contribution is 2.34. The van der Waals surface area contributed by atoms with Crippen molar-refractivity contribution in [3.63, 3.8) is 0 Å². The SMILES string of the molecule is CN1C(=N)/C(=C2/OC(=O)c3ccccc32)C(=O)N(C)C1=O. The van der Waals surface area contributed by atoms with E-state index < -0.39 is 17.9 Å². The number of carbonyl (C=O) groups excluding carboxylic acids is 3. The Morgan fingerprint density at radius 3 is 2.29 bits per heavy atom. The zero-order valence-electron chi connectivity index (χ0n) is 11.3. The van der Waals surface area contributed by atoms with Crippen LogP contribution >= 0.6 is 0 Å². The Bertz CT molecular complexity index is 724. The van der Waals surface area contributed by atoms with Crippen molar-refractivity contribution < 1.29 is 19.1 Å². The number of nitrogens with zero attached hydrogens (tertiary/aromatic N) is 2. The van der Waals surface area contributed by atoms with Gasteiger partial charge in [0.15, 0.2) is 5.76 Å². The minimum Gasteiger partial charge on any atom is -0.421 e. The first-order valence-corrected chi connectivity index (χ1v) is 6.14. The number of nitrogens with one attached hydrogen (secondary N) is 1. The van der Waals surface area contributed by atoms with E-state index in [0.717, 1.165) is 9.80 Å². The van der Waals surface area contributed by atoms with E-state index in [1.54, 1.807) is 24.3 Å². The lowest BCUT2D eigenvalue weighted by molar-refractivity contribution is -0.123. The predicted molar refractivity (Wildman–Crippen MR) is 72.4 cm³/mol. The van der Waals surface area contributed by atoms with E-state index in [9.17, 15) is 14.4 Å². The molecule has 0 radical (unpaired) electrons. The van der Waals surface area contributed by atoms with Crippen LogP contribution in [-0.4, -0.2) is 47.6 Å². The van der Waals surface area contributed by atoms with Crippen LogP contribution < -0.4 is 0 Å². The summed E-state index contributed by atoms with van der Waals surface area (Å²) in [4.78, 5) is 37.8. The van der Waals surface area contributed by atoms with Gasteiger partial charge in [-0.2, -0.15) is 0 Å². The Balaban J connectivity index is 2.23. The van der Waals surface area contributed by atoms with Gasteiger partial charge in [0.05, 0.1) is 5.56 Å². The van der Waals surface area contributed by atoms with Gasteiger partial charge in [-0.1, -0.05) is 18.2 Å². The van der Waals surface area contributed by atoms with Gasteiger partial charge in [0.25, 0.3) is 5.91 Å². The maximum atomic E-state index is 12.3. The highest BCUT2D eigenvalue weighted by molar-refractivity contribution is 6.33. The van der Waals surface area contributed by atoms with Gasteiger partial charge < -0.3 is 4.74 Å². The van der Waals surface area contributed by atoms with Crippen molar-refractivity contribution in [3.8, 4) is 0 Å². The van der Waals surface area contributed by atoms with Gasteiger partial charge in [-0.3, -0.25) is 20.0 Å². The molecule has 0 spiro atoms. The van der Waals surface area contributed by atoms with Gasteiger partial charge in [0.2, 0.25) is 0 Å². The van der Waals surface area contributed by atoms with Gasteiger partial charge in [-0.15, -0.1) is 0 Å². The molecule has 1 fully saturated rings. The number of rotatable bonds is 0. The molecule has 1 aromatic rings. The molecule has 3 amide bonds. The fourth-order valence-electron chi connectivity index (χ4n) is 2.30. The first kappa shape index (κ1) is 13.0. The van der Waals surface area contributed by atoms with Crippen LogP contribution in [0.5, 0.6) is 0 Å². The molecule has 0 aliphatic carbocycles. The number of hydrogen-bond acceptors (Lipinski definition) is 5. The van der Waals surface area contributed by atoms with Crippen LogP contribution in [0.1, 0.15) is 15.9 Å². The maximum Gasteiger partial charge on any atom is 0.344 e. The Morgan fingerprint density at radius 2 is 1.62 bits per heavy atom. The molecule has 0 saturated carbocycles. The molecule has 7 heteroatoms. The number of esters is 1. The summed E-state index contributed by atoms with van der Waals surface area (Å²) in [6, 6.07) is 6.01. The molecule has 1 N–H and O–H groups in total. The average Bonchev–Trinajstić information content (AvgIpc) is 2.81. The zero-order valence-corrected chi connectivity index (χ0v) is 11.3. The number of benzene rings is 1. The summed E-state index contributed by atoms with van der Waals surface area (Å²) in [5.41, 5.74) is 0.687. The Hall–Kier alpha value is -2.96. The van der Waals surface area contributed by atoms with Gasteiger partial charge in [-0.25, -0.2) is 9.59 Å². The number of fused-ring (bicyclic) bond motifs is 1. The largest absolute Gasteiger partial charge is 0.421 e. The minimum absolute atomic E-state index is 0.0248. The lowest BCUT2D eigenvalue weighted by atomic mass is 10.0. The molecule has 2 aliphatic heterocycles. The third-order valence-corrected chi connectivity index (χ3v) is 3.48. The molecule has 3 rings (SSSR count). The van der Waals surface area contributed by atoms with Crippen LogP contribution in [0.4, 0.5) is 4.79 Å². The number of cyclic esters (lactones) is 1. The van der Waals surface area contributed by atoms with Crippen molar-refractivity contribution in [1.82, 2.24) is 9.80 Å². The van der Waals surface area contributed by atoms with Crippen molar-refractivity contribution in [2.24, 2.45) is 0 Å². The number of hydrogen-bond donors (Lipinski definition) is 1. The third-order valence-electron chi connectivity index (χ3n) is 3.48. The van der Waals surface area contributed by atoms with Crippen molar-refractivity contribution in [2.45, 2.75) is 0 Å². The second-order valence-electron chi connectivity index (χ2n) is 4.69. The molecule has 7 nitrogen and oxygen atoms in total. The monoisotopic (exact) mass is 285 g/mol. The number of imide groups is 1. The summed E-state index contributed by atoms with van der Waals surface area (Å²) in [5, 5.41) is 7.98. The molecule has 0 bridgehead atoms. The number of ether oxygens (including phenoxy) is 1. The van der Waals surface area contributed by atoms with E-state index in [2.05, 4.69) is 0 Å². The van der Waals surface area contributed by atoms with Gasteiger partial charge in [-0.05, 0) is 6.07 Å². The van der Waals surface area contributed by atoms with Crippen LogP contribution in [0.25, 0.3) is 5.76 Å². The van der Waals surface area contributed by atoms with E-state index in [1.165, 1.54) is 14.1 Å². The molecule has 0 atom stereocenters. The lowest BCUT2D eigenvalue weighted by Gasteiger charge is -2.31. The number of urea groups is 1. The fraction of sp³-hybridized carbons (Fsp3) is 0.143. The molecule has 1 aromatic carbocycles. The molecule has 1 saturated heterocycles. The van der Waals surface area contributed by atoms with Crippen LogP contribution in [0.15, 0.2) is 29.8 Å². The smallest absolute Gasteiger partial charge is 0.344 e. The van der Waals surface area contributed by atoms with Gasteiger partial charge >= 0.3 is 12.0 Å². The Labute approximate surface area is 119 Å².